The van der Waals surface area contributed by atoms with Crippen LogP contribution >= 0.6 is 0 Å². The van der Waals surface area contributed by atoms with Gasteiger partial charge in [0.2, 0.25) is 0 Å². The van der Waals surface area contributed by atoms with Gasteiger partial charge in [-0.25, -0.2) is 0 Å². The van der Waals surface area contributed by atoms with Crippen LogP contribution in [0.1, 0.15) is 28.4 Å². The zero-order chi connectivity index (χ0) is 14.8. The minimum Gasteiger partial charge on any atom is -0.496 e. The summed E-state index contributed by atoms with van der Waals surface area (Å²) < 4.78 is 5.27. The van der Waals surface area contributed by atoms with Crippen LogP contribution < -0.4 is 9.64 Å². The maximum absolute atomic E-state index is 12.8. The Morgan fingerprint density at radius 2 is 1.90 bits per heavy atom. The Labute approximate surface area is 123 Å². The van der Waals surface area contributed by atoms with Crippen LogP contribution in [-0.4, -0.2) is 24.7 Å². The third-order valence-electron chi connectivity index (χ3n) is 3.80. The van der Waals surface area contributed by atoms with Gasteiger partial charge in [-0.3, -0.25) is 4.79 Å². The van der Waals surface area contributed by atoms with Crippen LogP contribution in [0.3, 0.4) is 0 Å². The second-order valence-corrected chi connectivity index (χ2v) is 5.02. The maximum atomic E-state index is 12.8. The van der Waals surface area contributed by atoms with Gasteiger partial charge < -0.3 is 14.7 Å². The lowest BCUT2D eigenvalue weighted by atomic mass is 9.98. The number of rotatable bonds is 2. The second kappa shape index (κ2) is 5.58. The molecular weight excluding hydrogens is 266 g/mol. The van der Waals surface area contributed by atoms with Gasteiger partial charge in [-0.05, 0) is 24.6 Å². The van der Waals surface area contributed by atoms with Crippen molar-refractivity contribution >= 4 is 11.6 Å². The number of anilines is 1. The third kappa shape index (κ3) is 2.38. The molecule has 108 valence electrons. The monoisotopic (exact) mass is 283 g/mol. The van der Waals surface area contributed by atoms with Crippen molar-refractivity contribution in [3.05, 3.63) is 59.7 Å². The van der Waals surface area contributed by atoms with Gasteiger partial charge in [-0.15, -0.1) is 0 Å². The van der Waals surface area contributed by atoms with E-state index < -0.39 is 6.10 Å². The van der Waals surface area contributed by atoms with E-state index in [9.17, 15) is 9.90 Å². The SMILES string of the molecule is COc1ccccc1C(=O)N1CCC(O)c2ccccc21. The van der Waals surface area contributed by atoms with Gasteiger partial charge in [0.05, 0.1) is 18.8 Å². The lowest BCUT2D eigenvalue weighted by Crippen LogP contribution is -2.36. The van der Waals surface area contributed by atoms with E-state index in [1.165, 1.54) is 0 Å². The maximum Gasteiger partial charge on any atom is 0.262 e. The van der Waals surface area contributed by atoms with Crippen LogP contribution in [0.5, 0.6) is 5.75 Å². The number of aliphatic hydroxyl groups is 1. The summed E-state index contributed by atoms with van der Waals surface area (Å²) in [5.74, 6) is 0.456. The molecule has 1 atom stereocenters. The fourth-order valence-corrected chi connectivity index (χ4v) is 2.72. The average Bonchev–Trinajstić information content (AvgIpc) is 2.55. The molecule has 1 aliphatic heterocycles. The van der Waals surface area contributed by atoms with Crippen LogP contribution in [0, 0.1) is 0 Å². The molecule has 1 unspecified atom stereocenters. The van der Waals surface area contributed by atoms with Crippen molar-refractivity contribution in [1.82, 2.24) is 0 Å². The topological polar surface area (TPSA) is 49.8 Å². The molecule has 0 spiro atoms. The first-order valence-corrected chi connectivity index (χ1v) is 6.94. The number of methoxy groups -OCH3 is 1. The van der Waals surface area contributed by atoms with Gasteiger partial charge in [-0.2, -0.15) is 0 Å². The molecule has 2 aromatic rings. The fourth-order valence-electron chi connectivity index (χ4n) is 2.72. The fraction of sp³-hybridized carbons (Fsp3) is 0.235. The molecule has 0 aromatic heterocycles. The highest BCUT2D eigenvalue weighted by Crippen LogP contribution is 2.35. The zero-order valence-electron chi connectivity index (χ0n) is 11.8. The molecule has 1 aliphatic rings. The summed E-state index contributed by atoms with van der Waals surface area (Å²) in [5.41, 5.74) is 2.10. The highest BCUT2D eigenvalue weighted by Gasteiger charge is 2.28. The number of ether oxygens (including phenoxy) is 1. The molecule has 0 fully saturated rings. The van der Waals surface area contributed by atoms with Crippen LogP contribution in [-0.2, 0) is 0 Å². The summed E-state index contributed by atoms with van der Waals surface area (Å²) in [6, 6.07) is 14.7. The number of aliphatic hydroxyl groups excluding tert-OH is 1. The van der Waals surface area contributed by atoms with E-state index in [0.29, 0.717) is 24.3 Å². The molecule has 21 heavy (non-hydrogen) atoms. The summed E-state index contributed by atoms with van der Waals surface area (Å²) in [5, 5.41) is 10.1. The molecule has 1 amide bonds. The zero-order valence-corrected chi connectivity index (χ0v) is 11.8. The van der Waals surface area contributed by atoms with Crippen molar-refractivity contribution in [3.8, 4) is 5.75 Å². The van der Waals surface area contributed by atoms with Crippen molar-refractivity contribution in [2.24, 2.45) is 0 Å². The van der Waals surface area contributed by atoms with Gasteiger partial charge in [0.25, 0.3) is 5.91 Å². The Balaban J connectivity index is 2.01. The summed E-state index contributed by atoms with van der Waals surface area (Å²) >= 11 is 0. The Morgan fingerprint density at radius 3 is 2.71 bits per heavy atom. The predicted molar refractivity (Wildman–Crippen MR) is 80.7 cm³/mol. The lowest BCUT2D eigenvalue weighted by molar-refractivity contribution is 0.0967. The normalized spacial score (nSPS) is 17.2. The Morgan fingerprint density at radius 1 is 1.19 bits per heavy atom. The highest BCUT2D eigenvalue weighted by atomic mass is 16.5. The molecule has 0 bridgehead atoms. The van der Waals surface area contributed by atoms with E-state index in [2.05, 4.69) is 0 Å². The van der Waals surface area contributed by atoms with Crippen LogP contribution in [0.2, 0.25) is 0 Å². The van der Waals surface area contributed by atoms with Crippen molar-refractivity contribution in [2.75, 3.05) is 18.6 Å². The summed E-state index contributed by atoms with van der Waals surface area (Å²) in [4.78, 5) is 14.5. The molecule has 0 radical (unpaired) electrons. The number of hydrogen-bond acceptors (Lipinski definition) is 3. The molecule has 1 N–H and O–H groups in total. The standard InChI is InChI=1S/C17H17NO3/c1-21-16-9-5-3-7-13(16)17(20)18-11-10-15(19)12-6-2-4-8-14(12)18/h2-9,15,19H,10-11H2,1H3. The Bertz CT molecular complexity index is 669. The van der Waals surface area contributed by atoms with Crippen LogP contribution in [0.25, 0.3) is 0 Å². The number of fused-ring (bicyclic) bond motifs is 1. The first-order chi connectivity index (χ1) is 10.2. The van der Waals surface area contributed by atoms with Gasteiger partial charge in [0.15, 0.2) is 0 Å². The van der Waals surface area contributed by atoms with E-state index in [1.54, 1.807) is 24.1 Å². The molecule has 1 heterocycles. The van der Waals surface area contributed by atoms with Crippen molar-refractivity contribution in [3.63, 3.8) is 0 Å². The molecule has 2 aromatic carbocycles. The number of para-hydroxylation sites is 2. The van der Waals surface area contributed by atoms with Gasteiger partial charge in [-0.1, -0.05) is 30.3 Å². The molecule has 3 rings (SSSR count). The van der Waals surface area contributed by atoms with E-state index in [-0.39, 0.29) is 5.91 Å². The third-order valence-corrected chi connectivity index (χ3v) is 3.80. The van der Waals surface area contributed by atoms with Crippen LogP contribution in [0.15, 0.2) is 48.5 Å². The van der Waals surface area contributed by atoms with E-state index in [0.717, 1.165) is 11.3 Å². The number of hydrogen-bond donors (Lipinski definition) is 1. The van der Waals surface area contributed by atoms with Gasteiger partial charge >= 0.3 is 0 Å². The smallest absolute Gasteiger partial charge is 0.262 e. The minimum atomic E-state index is -0.511. The number of benzene rings is 2. The van der Waals surface area contributed by atoms with Crippen LogP contribution in [0.4, 0.5) is 5.69 Å². The average molecular weight is 283 g/mol. The first kappa shape index (κ1) is 13.6. The predicted octanol–water partition coefficient (Wildman–Crippen LogP) is 2.78. The number of carbonyl (C=O) groups excluding carboxylic acids is 1. The molecule has 0 saturated heterocycles. The number of nitrogens with zero attached hydrogens (tertiary/aromatic N) is 1. The molecule has 0 saturated carbocycles. The van der Waals surface area contributed by atoms with Crippen molar-refractivity contribution < 1.29 is 14.6 Å². The van der Waals surface area contributed by atoms with E-state index in [1.807, 2.05) is 36.4 Å². The molecule has 4 nitrogen and oxygen atoms in total. The molecule has 4 heteroatoms. The lowest BCUT2D eigenvalue weighted by Gasteiger charge is -2.32. The highest BCUT2D eigenvalue weighted by molar-refractivity contribution is 6.08. The number of carbonyl (C=O) groups is 1. The summed E-state index contributed by atoms with van der Waals surface area (Å²) in [7, 11) is 1.56. The van der Waals surface area contributed by atoms with E-state index in [4.69, 9.17) is 4.74 Å². The van der Waals surface area contributed by atoms with Crippen molar-refractivity contribution in [1.29, 1.82) is 0 Å². The summed E-state index contributed by atoms with van der Waals surface area (Å²) in [6.07, 6.45) is 0.0284. The van der Waals surface area contributed by atoms with Crippen molar-refractivity contribution in [2.45, 2.75) is 12.5 Å². The largest absolute Gasteiger partial charge is 0.496 e. The van der Waals surface area contributed by atoms with Gasteiger partial charge in [0.1, 0.15) is 5.75 Å². The molecule has 0 aliphatic carbocycles. The van der Waals surface area contributed by atoms with E-state index >= 15 is 0 Å². The Hall–Kier alpha value is -2.33. The number of amides is 1. The van der Waals surface area contributed by atoms with Gasteiger partial charge in [0, 0.05) is 17.8 Å². The quantitative estimate of drug-likeness (QED) is 0.922. The minimum absolute atomic E-state index is 0.105. The Kier molecular flexibility index (Phi) is 3.62. The summed E-state index contributed by atoms with van der Waals surface area (Å²) in [6.45, 7) is 0.495. The first-order valence-electron chi connectivity index (χ1n) is 6.94. The second-order valence-electron chi connectivity index (χ2n) is 5.02. The molecular formula is C17H17NO3.